The van der Waals surface area contributed by atoms with E-state index in [9.17, 15) is 9.59 Å². The van der Waals surface area contributed by atoms with Crippen LogP contribution >= 0.6 is 11.6 Å². The molecule has 90 valence electrons. The Labute approximate surface area is 109 Å². The summed E-state index contributed by atoms with van der Waals surface area (Å²) in [5.74, 6) is -0.267. The molecule has 0 amide bonds. The van der Waals surface area contributed by atoms with Gasteiger partial charge in [0.15, 0.2) is 6.29 Å². The number of aromatic nitrogens is 1. The van der Waals surface area contributed by atoms with E-state index in [1.807, 2.05) is 12.1 Å². The number of benzene rings is 1. The fourth-order valence-electron chi connectivity index (χ4n) is 1.51. The van der Waals surface area contributed by atoms with Gasteiger partial charge >= 0.3 is 0 Å². The summed E-state index contributed by atoms with van der Waals surface area (Å²) >= 11 is 5.76. The average molecular weight is 260 g/mol. The summed E-state index contributed by atoms with van der Waals surface area (Å²) in [7, 11) is 0. The molecular formula is C14H10ClNO2. The van der Waals surface area contributed by atoms with Crippen molar-refractivity contribution < 1.29 is 9.59 Å². The molecule has 4 heteroatoms. The van der Waals surface area contributed by atoms with Crippen molar-refractivity contribution in [2.24, 2.45) is 0 Å². The van der Waals surface area contributed by atoms with Crippen LogP contribution < -0.4 is 0 Å². The smallest absolute Gasteiger partial charge is 0.255 e. The van der Waals surface area contributed by atoms with Crippen molar-refractivity contribution >= 4 is 29.9 Å². The molecule has 0 saturated heterocycles. The molecule has 0 aliphatic heterocycles. The zero-order valence-electron chi connectivity index (χ0n) is 9.42. The number of halogens is 1. The van der Waals surface area contributed by atoms with Gasteiger partial charge in [-0.25, -0.2) is 0 Å². The second kappa shape index (κ2) is 5.47. The van der Waals surface area contributed by atoms with Crippen LogP contribution in [0.25, 0.3) is 6.08 Å². The molecule has 0 spiro atoms. The molecular weight excluding hydrogens is 250 g/mol. The normalized spacial score (nSPS) is 10.7. The van der Waals surface area contributed by atoms with Gasteiger partial charge in [0.25, 0.3) is 5.91 Å². The highest BCUT2D eigenvalue weighted by atomic mass is 35.5. The van der Waals surface area contributed by atoms with Crippen molar-refractivity contribution in [3.8, 4) is 0 Å². The van der Waals surface area contributed by atoms with Crippen LogP contribution in [0.2, 0.25) is 5.02 Å². The van der Waals surface area contributed by atoms with Crippen LogP contribution in [0.3, 0.4) is 0 Å². The highest BCUT2D eigenvalue weighted by molar-refractivity contribution is 6.30. The van der Waals surface area contributed by atoms with Crippen molar-refractivity contribution in [1.29, 1.82) is 0 Å². The third kappa shape index (κ3) is 2.76. The third-order valence-electron chi connectivity index (χ3n) is 2.43. The predicted molar refractivity (Wildman–Crippen MR) is 70.9 cm³/mol. The molecule has 1 aromatic heterocycles. The maximum atomic E-state index is 11.8. The minimum absolute atomic E-state index is 0.267. The van der Waals surface area contributed by atoms with E-state index in [0.29, 0.717) is 17.0 Å². The first kappa shape index (κ1) is 12.3. The Hall–Kier alpha value is -2.13. The molecule has 0 bridgehead atoms. The first-order chi connectivity index (χ1) is 8.70. The highest BCUT2D eigenvalue weighted by Crippen LogP contribution is 2.11. The molecule has 1 aromatic carbocycles. The fourth-order valence-corrected chi connectivity index (χ4v) is 1.64. The van der Waals surface area contributed by atoms with E-state index >= 15 is 0 Å². The van der Waals surface area contributed by atoms with Crippen LogP contribution in [0.4, 0.5) is 0 Å². The van der Waals surface area contributed by atoms with Gasteiger partial charge in [0.2, 0.25) is 0 Å². The molecule has 0 atom stereocenters. The van der Waals surface area contributed by atoms with Gasteiger partial charge in [-0.05, 0) is 35.9 Å². The summed E-state index contributed by atoms with van der Waals surface area (Å²) in [6.07, 6.45) is 5.29. The minimum Gasteiger partial charge on any atom is -0.296 e. The maximum Gasteiger partial charge on any atom is 0.255 e. The Morgan fingerprint density at radius 2 is 1.89 bits per heavy atom. The van der Waals surface area contributed by atoms with Gasteiger partial charge < -0.3 is 0 Å². The molecule has 0 fully saturated rings. The molecule has 0 unspecified atom stereocenters. The fraction of sp³-hybridized carbons (Fsp3) is 0. The Morgan fingerprint density at radius 3 is 2.56 bits per heavy atom. The molecule has 18 heavy (non-hydrogen) atoms. The van der Waals surface area contributed by atoms with Crippen molar-refractivity contribution in [3.63, 3.8) is 0 Å². The number of aldehydes is 1. The second-order valence-corrected chi connectivity index (χ2v) is 4.08. The monoisotopic (exact) mass is 259 g/mol. The lowest BCUT2D eigenvalue weighted by atomic mass is 10.2. The van der Waals surface area contributed by atoms with Gasteiger partial charge in [-0.3, -0.25) is 14.2 Å². The minimum atomic E-state index is -0.267. The van der Waals surface area contributed by atoms with Crippen molar-refractivity contribution in [1.82, 2.24) is 4.57 Å². The number of rotatable bonds is 3. The van der Waals surface area contributed by atoms with Gasteiger partial charge in [-0.15, -0.1) is 0 Å². The second-order valence-electron chi connectivity index (χ2n) is 3.64. The van der Waals surface area contributed by atoms with Gasteiger partial charge in [-0.1, -0.05) is 23.7 Å². The van der Waals surface area contributed by atoms with Gasteiger partial charge in [0.05, 0.1) is 5.69 Å². The van der Waals surface area contributed by atoms with Crippen molar-refractivity contribution in [2.45, 2.75) is 0 Å². The molecule has 0 N–H and O–H groups in total. The lowest BCUT2D eigenvalue weighted by Crippen LogP contribution is -2.08. The third-order valence-corrected chi connectivity index (χ3v) is 2.68. The largest absolute Gasteiger partial charge is 0.296 e. The highest BCUT2D eigenvalue weighted by Gasteiger charge is 2.04. The van der Waals surface area contributed by atoms with E-state index in [2.05, 4.69) is 0 Å². The van der Waals surface area contributed by atoms with Crippen LogP contribution in [0.1, 0.15) is 20.8 Å². The summed E-state index contributed by atoms with van der Waals surface area (Å²) in [4.78, 5) is 22.5. The first-order valence-corrected chi connectivity index (χ1v) is 5.69. The van der Waals surface area contributed by atoms with Crippen LogP contribution in [0.5, 0.6) is 0 Å². The number of carbonyl (C=O) groups is 2. The molecule has 0 radical (unpaired) electrons. The molecule has 3 nitrogen and oxygen atoms in total. The quantitative estimate of drug-likeness (QED) is 0.627. The maximum absolute atomic E-state index is 11.8. The topological polar surface area (TPSA) is 39.1 Å². The van der Waals surface area contributed by atoms with Gasteiger partial charge in [-0.2, -0.15) is 0 Å². The number of hydrogen-bond acceptors (Lipinski definition) is 2. The standard InChI is InChI=1S/C14H10ClNO2/c15-12-6-3-11(4-7-12)5-8-14(18)16-9-1-2-13(16)10-17/h1-10H/b8-5+. The summed E-state index contributed by atoms with van der Waals surface area (Å²) in [6.45, 7) is 0. The van der Waals surface area contributed by atoms with E-state index in [0.717, 1.165) is 5.56 Å². The zero-order valence-corrected chi connectivity index (χ0v) is 10.2. The molecule has 0 aliphatic rings. The molecule has 0 aliphatic carbocycles. The Bertz CT molecular complexity index is 597. The van der Waals surface area contributed by atoms with E-state index < -0.39 is 0 Å². The predicted octanol–water partition coefficient (Wildman–Crippen LogP) is 3.31. The zero-order chi connectivity index (χ0) is 13.0. The van der Waals surface area contributed by atoms with Crippen LogP contribution in [0, 0.1) is 0 Å². The van der Waals surface area contributed by atoms with E-state index in [-0.39, 0.29) is 5.91 Å². The Balaban J connectivity index is 2.16. The van der Waals surface area contributed by atoms with E-state index in [1.165, 1.54) is 10.6 Å². The van der Waals surface area contributed by atoms with Crippen LogP contribution in [-0.2, 0) is 0 Å². The summed E-state index contributed by atoms with van der Waals surface area (Å²) in [6, 6.07) is 10.3. The number of hydrogen-bond donors (Lipinski definition) is 0. The Kier molecular flexibility index (Phi) is 3.75. The van der Waals surface area contributed by atoms with Crippen LogP contribution in [0.15, 0.2) is 48.7 Å². The lowest BCUT2D eigenvalue weighted by Gasteiger charge is -1.98. The molecule has 2 aromatic rings. The molecule has 0 saturated carbocycles. The SMILES string of the molecule is O=Cc1cccn1C(=O)/C=C/c1ccc(Cl)cc1. The molecule has 2 rings (SSSR count). The van der Waals surface area contributed by atoms with Crippen LogP contribution in [-0.4, -0.2) is 16.8 Å². The van der Waals surface area contributed by atoms with Crippen molar-refractivity contribution in [2.75, 3.05) is 0 Å². The van der Waals surface area contributed by atoms with E-state index in [4.69, 9.17) is 11.6 Å². The lowest BCUT2D eigenvalue weighted by molar-refractivity contribution is 0.0956. The number of carbonyl (C=O) groups excluding carboxylic acids is 2. The van der Waals surface area contributed by atoms with Crippen molar-refractivity contribution in [3.05, 3.63) is 65.0 Å². The average Bonchev–Trinajstić information content (AvgIpc) is 2.86. The molecule has 1 heterocycles. The number of allylic oxidation sites excluding steroid dienone is 1. The Morgan fingerprint density at radius 1 is 1.17 bits per heavy atom. The summed E-state index contributed by atoms with van der Waals surface area (Å²) < 4.78 is 1.29. The number of nitrogens with zero attached hydrogens (tertiary/aromatic N) is 1. The summed E-state index contributed by atoms with van der Waals surface area (Å²) in [5, 5.41) is 0.645. The van der Waals surface area contributed by atoms with E-state index in [1.54, 1.807) is 36.5 Å². The van der Waals surface area contributed by atoms with Gasteiger partial charge in [0.1, 0.15) is 0 Å². The first-order valence-electron chi connectivity index (χ1n) is 5.31. The summed E-state index contributed by atoms with van der Waals surface area (Å²) in [5.41, 5.74) is 1.20. The van der Waals surface area contributed by atoms with Gasteiger partial charge in [0, 0.05) is 17.3 Å².